The molecule has 0 saturated heterocycles. The molecule has 9 N–H and O–H groups in total. The van der Waals surface area contributed by atoms with E-state index in [1.807, 2.05) is 0 Å². The minimum Gasteiger partial charge on any atom is -0.662 e. The van der Waals surface area contributed by atoms with Crippen molar-refractivity contribution in [1.82, 2.24) is 10.6 Å². The molecule has 0 heterocycles. The van der Waals surface area contributed by atoms with Gasteiger partial charge in [-0.25, -0.2) is 4.79 Å². The molecule has 0 aromatic rings. The predicted octanol–water partition coefficient (Wildman–Crippen LogP) is -6.34. The number of aliphatic hydroxyl groups is 1. The van der Waals surface area contributed by atoms with E-state index in [-0.39, 0.29) is 64.3 Å². The number of hydrogen-bond donors (Lipinski definition) is 7. The summed E-state index contributed by atoms with van der Waals surface area (Å²) in [6.45, 7) is 0.796. The van der Waals surface area contributed by atoms with Crippen molar-refractivity contribution in [2.24, 2.45) is 11.5 Å². The number of aliphatic carboxylic acids is 2. The first kappa shape index (κ1) is 44.2. The van der Waals surface area contributed by atoms with Gasteiger partial charge in [0.15, 0.2) is 19.5 Å². The number of aliphatic hydroxyl groups excluding tert-OH is 1. The molecular weight excluding hydrogens is 508 g/mol. The number of hydrogen-bond acceptors (Lipinski definition) is 11. The Kier molecular flexibility index (Phi) is 43.5. The molecule has 192 valence electrons. The average molecular weight is 536 g/mol. The fourth-order valence-corrected chi connectivity index (χ4v) is 1.77. The zero-order chi connectivity index (χ0) is 28.1. The Morgan fingerprint density at radius 1 is 1.06 bits per heavy atom. The largest absolute Gasteiger partial charge is 1.00 e. The molecule has 0 saturated carbocycles. The normalized spacial score (nSPS) is 9.75. The number of carboxylic acid groups (broad SMARTS) is 2. The summed E-state index contributed by atoms with van der Waals surface area (Å²) in [5.41, 5.74) is 10.4. The fraction of sp³-hybridized carbons (Fsp3) is 0.588. The molecule has 2 atom stereocenters. The van der Waals surface area contributed by atoms with Crippen LogP contribution in [0.5, 0.6) is 0 Å². The van der Waals surface area contributed by atoms with Crippen molar-refractivity contribution in [3.8, 4) is 11.9 Å². The molecule has 0 fully saturated rings. The molecule has 0 spiro atoms. The molecule has 19 heteroatoms. The van der Waals surface area contributed by atoms with Gasteiger partial charge in [0.25, 0.3) is 6.47 Å². The number of nitrogens with two attached hydrogens (primary N) is 2. The Balaban J connectivity index is -0.000000136. The van der Waals surface area contributed by atoms with Crippen LogP contribution in [0.2, 0.25) is 0 Å². The Morgan fingerprint density at radius 3 is 1.89 bits per heavy atom. The van der Waals surface area contributed by atoms with Crippen molar-refractivity contribution in [1.29, 1.82) is 0 Å². The van der Waals surface area contributed by atoms with Crippen molar-refractivity contribution in [3.63, 3.8) is 0 Å². The predicted molar refractivity (Wildman–Crippen MR) is 121 cm³/mol. The number of rotatable bonds is 13. The van der Waals surface area contributed by atoms with Gasteiger partial charge in [-0.15, -0.1) is 0 Å². The van der Waals surface area contributed by atoms with Crippen LogP contribution in [0.15, 0.2) is 0 Å². The zero-order valence-corrected chi connectivity index (χ0v) is 23.0. The molecule has 0 aliphatic heterocycles. The number of carbonyl (C=O) groups excluding carboxylic acids is 3. The van der Waals surface area contributed by atoms with Crippen molar-refractivity contribution in [2.45, 2.75) is 50.6 Å². The minimum absolute atomic E-state index is 0. The maximum absolute atomic E-state index is 10.6. The van der Waals surface area contributed by atoms with Gasteiger partial charge in [-0.05, 0) is 38.6 Å². The third kappa shape index (κ3) is 45.7. The van der Waals surface area contributed by atoms with E-state index < -0.39 is 35.6 Å². The van der Waals surface area contributed by atoms with Crippen molar-refractivity contribution in [2.75, 3.05) is 13.1 Å². The van der Waals surface area contributed by atoms with Gasteiger partial charge in [0.05, 0.1) is 0 Å². The molecule has 0 rings (SSSR count). The molecule has 4 radical (unpaired) electrons. The van der Waals surface area contributed by atoms with Crippen LogP contribution in [-0.2, 0) is 24.0 Å². The maximum atomic E-state index is 10.6. The van der Waals surface area contributed by atoms with E-state index in [1.54, 1.807) is 5.82 Å². The number of nitrogens with one attached hydrogen (secondary N) is 2. The monoisotopic (exact) mass is 536 g/mol. The standard InChI is InChI=1S/C8H12B2N2O4.C6H14N2O2.C2HBO2.CH2O3.K/c9-7(15)11-4-2-1-3-5(6(13)14)12-8(10)16;7-4-2-1-3-5(8)6(9)10;4-2-1-3-5;2-1-4-3;/h5H,1-4H2,(H,11,15)(H,12,16)(H,13,14);5H,1-4,7-8H2,(H,9,10);4H;1,3H;/q;;;;+1/p-1/t2*5-;;;/m00.../s1. The molecule has 0 bridgehead atoms. The second-order valence-electron chi connectivity index (χ2n) is 5.98. The summed E-state index contributed by atoms with van der Waals surface area (Å²) in [4.78, 5) is 52.8. The summed E-state index contributed by atoms with van der Waals surface area (Å²) in [5, 5.41) is 37.4. The van der Waals surface area contributed by atoms with Gasteiger partial charge in [0.1, 0.15) is 12.1 Å². The molecule has 2 amide bonds. The van der Waals surface area contributed by atoms with E-state index in [2.05, 4.69) is 15.5 Å². The van der Waals surface area contributed by atoms with Gasteiger partial charge in [-0.2, -0.15) is 0 Å². The van der Waals surface area contributed by atoms with Gasteiger partial charge in [-0.1, -0.05) is 6.42 Å². The number of carboxylic acids is 2. The minimum atomic E-state index is -1.14. The van der Waals surface area contributed by atoms with Crippen LogP contribution in [0.4, 0.5) is 9.59 Å². The Hall–Kier alpha value is -1.78. The molecule has 0 unspecified atom stereocenters. The van der Waals surface area contributed by atoms with Crippen molar-refractivity contribution >= 4 is 52.9 Å². The van der Waals surface area contributed by atoms with Gasteiger partial charge < -0.3 is 42.5 Å². The summed E-state index contributed by atoms with van der Waals surface area (Å²) in [6, 6.07) is -1.71. The second kappa shape index (κ2) is 35.4. The third-order valence-corrected chi connectivity index (χ3v) is 3.28. The topological polar surface area (TPSA) is 272 Å². The van der Waals surface area contributed by atoms with Crippen LogP contribution in [-0.4, -0.2) is 93.4 Å². The SMILES string of the molecule is NCCCC[C@H](N)C(=O)O.O=BC#CO.O=CO[O-].[B]C(=O)NCCCC[C@H](NC([B])=O)C(=O)O.[K+]. The summed E-state index contributed by atoms with van der Waals surface area (Å²) < 4.78 is 9.07. The third-order valence-electron chi connectivity index (χ3n) is 3.28. The molecule has 0 aliphatic carbocycles. The van der Waals surface area contributed by atoms with E-state index in [0.717, 1.165) is 12.8 Å². The first-order chi connectivity index (χ1) is 16.4. The molecule has 0 aliphatic rings. The first-order valence-corrected chi connectivity index (χ1v) is 9.75. The number of unbranched alkanes of at least 4 members (excludes halogenated alkanes) is 2. The summed E-state index contributed by atoms with van der Waals surface area (Å²) >= 11 is 0. The fourth-order valence-electron chi connectivity index (χ4n) is 1.77. The molecule has 36 heavy (non-hydrogen) atoms. The Morgan fingerprint density at radius 2 is 1.58 bits per heavy atom. The quantitative estimate of drug-likeness (QED) is 0.0289. The van der Waals surface area contributed by atoms with Gasteiger partial charge >= 0.3 is 92.2 Å². The molecule has 0 aromatic heterocycles. The van der Waals surface area contributed by atoms with E-state index in [1.165, 1.54) is 6.11 Å². The van der Waals surface area contributed by atoms with Gasteiger partial charge in [-0.3, -0.25) is 19.2 Å². The number of carbonyl (C=O) groups is 5. The zero-order valence-electron chi connectivity index (χ0n) is 19.9. The van der Waals surface area contributed by atoms with E-state index >= 15 is 0 Å². The van der Waals surface area contributed by atoms with Crippen LogP contribution >= 0.6 is 0 Å². The van der Waals surface area contributed by atoms with E-state index in [0.29, 0.717) is 39.5 Å². The smallest absolute Gasteiger partial charge is 0.662 e. The Bertz CT molecular complexity index is 682. The first-order valence-electron chi connectivity index (χ1n) is 9.75. The van der Waals surface area contributed by atoms with Crippen LogP contribution in [0.1, 0.15) is 38.5 Å². The van der Waals surface area contributed by atoms with Crippen molar-refractivity contribution < 1.29 is 106 Å². The van der Waals surface area contributed by atoms with Crippen LogP contribution in [0, 0.1) is 11.9 Å². The summed E-state index contributed by atoms with van der Waals surface area (Å²) in [5.74, 6) is -1.83. The maximum Gasteiger partial charge on any atom is 1.00 e. The number of amides is 2. The van der Waals surface area contributed by atoms with E-state index in [4.69, 9.17) is 57.2 Å². The molecule has 15 nitrogen and oxygen atoms in total. The van der Waals surface area contributed by atoms with Crippen LogP contribution in [0.25, 0.3) is 0 Å². The average Bonchev–Trinajstić information content (AvgIpc) is 2.79. The molecular formula is C17H28B3KN4O11. The van der Waals surface area contributed by atoms with Crippen molar-refractivity contribution in [3.05, 3.63) is 0 Å². The molecule has 0 aromatic carbocycles. The summed E-state index contributed by atoms with van der Waals surface area (Å²) in [6.07, 6.45) is 4.91. The van der Waals surface area contributed by atoms with Crippen LogP contribution < -0.4 is 78.7 Å². The Labute approximate surface area is 254 Å². The summed E-state index contributed by atoms with van der Waals surface area (Å²) in [7, 11) is 9.96. The second-order valence-corrected chi connectivity index (χ2v) is 5.98. The van der Waals surface area contributed by atoms with Gasteiger partial charge in [0, 0.05) is 6.54 Å². The van der Waals surface area contributed by atoms with Gasteiger partial charge in [0.2, 0.25) is 7.85 Å². The van der Waals surface area contributed by atoms with Crippen LogP contribution in [0.3, 0.4) is 0 Å². The van der Waals surface area contributed by atoms with E-state index in [9.17, 15) is 19.2 Å².